The van der Waals surface area contributed by atoms with E-state index in [4.69, 9.17) is 0 Å². The van der Waals surface area contributed by atoms with Crippen LogP contribution in [0.1, 0.15) is 5.56 Å². The van der Waals surface area contributed by atoms with Crippen LogP contribution in [-0.2, 0) is 4.79 Å². The number of rotatable bonds is 2. The third-order valence-corrected chi connectivity index (χ3v) is 4.04. The first-order valence-corrected chi connectivity index (χ1v) is 7.55. The van der Waals surface area contributed by atoms with Crippen LogP contribution in [0.3, 0.4) is 0 Å². The zero-order valence-corrected chi connectivity index (χ0v) is 13.4. The Morgan fingerprint density at radius 1 is 1.09 bits per heavy atom. The molecule has 2 aromatic rings. The number of hydrogen-bond acceptors (Lipinski definition) is 3. The summed E-state index contributed by atoms with van der Waals surface area (Å²) in [5, 5.41) is 12.1. The minimum atomic E-state index is -0.476. The Hall–Kier alpha value is -2.35. The lowest BCUT2D eigenvalue weighted by molar-refractivity contribution is -0.113. The summed E-state index contributed by atoms with van der Waals surface area (Å²) in [6.07, 6.45) is 1.59. The molecule has 3 amide bonds. The first kappa shape index (κ1) is 14.6. The number of carbonyl (C=O) groups excluding carboxylic acids is 2. The van der Waals surface area contributed by atoms with Crippen LogP contribution in [0.2, 0.25) is 0 Å². The number of halogens is 1. The van der Waals surface area contributed by atoms with Crippen molar-refractivity contribution in [1.82, 2.24) is 5.32 Å². The van der Waals surface area contributed by atoms with Crippen LogP contribution >= 0.6 is 22.6 Å². The highest BCUT2D eigenvalue weighted by Crippen LogP contribution is 2.24. The van der Waals surface area contributed by atoms with Gasteiger partial charge in [0.1, 0.15) is 11.4 Å². The molecular formula is C16H11IN2O3. The fourth-order valence-electron chi connectivity index (χ4n) is 2.13. The molecule has 0 bridgehead atoms. The zero-order chi connectivity index (χ0) is 15.7. The molecular weight excluding hydrogens is 395 g/mol. The van der Waals surface area contributed by atoms with Crippen LogP contribution in [-0.4, -0.2) is 17.0 Å². The number of phenols is 1. The maximum Gasteiger partial charge on any atom is 0.333 e. The molecule has 22 heavy (non-hydrogen) atoms. The van der Waals surface area contributed by atoms with Gasteiger partial charge in [0.25, 0.3) is 5.91 Å². The van der Waals surface area contributed by atoms with Crippen molar-refractivity contribution < 1.29 is 14.7 Å². The van der Waals surface area contributed by atoms with Crippen molar-refractivity contribution in [1.29, 1.82) is 0 Å². The van der Waals surface area contributed by atoms with Crippen molar-refractivity contribution in [3.05, 3.63) is 63.4 Å². The number of nitrogens with one attached hydrogen (secondary N) is 1. The van der Waals surface area contributed by atoms with Crippen molar-refractivity contribution in [2.45, 2.75) is 0 Å². The number of urea groups is 1. The molecule has 1 saturated heterocycles. The van der Waals surface area contributed by atoms with Gasteiger partial charge in [-0.25, -0.2) is 9.69 Å². The van der Waals surface area contributed by atoms with Gasteiger partial charge in [0.05, 0.1) is 9.26 Å². The van der Waals surface area contributed by atoms with E-state index in [9.17, 15) is 14.7 Å². The fourth-order valence-corrected chi connectivity index (χ4v) is 2.67. The van der Waals surface area contributed by atoms with E-state index >= 15 is 0 Å². The molecule has 1 heterocycles. The Labute approximate surface area is 140 Å². The average molecular weight is 406 g/mol. The lowest BCUT2D eigenvalue weighted by Gasteiger charge is -2.10. The molecule has 1 aliphatic heterocycles. The quantitative estimate of drug-likeness (QED) is 0.458. The second-order valence-corrected chi connectivity index (χ2v) is 5.84. The predicted octanol–water partition coefficient (Wildman–Crippen LogP) is 3.09. The minimum Gasteiger partial charge on any atom is -0.507 e. The number of anilines is 1. The van der Waals surface area contributed by atoms with Gasteiger partial charge in [-0.2, -0.15) is 0 Å². The molecule has 6 heteroatoms. The summed E-state index contributed by atoms with van der Waals surface area (Å²) in [6, 6.07) is 13.2. The molecule has 3 rings (SSSR count). The number of para-hydroxylation sites is 1. The topological polar surface area (TPSA) is 69.6 Å². The molecule has 0 aromatic heterocycles. The van der Waals surface area contributed by atoms with E-state index in [-0.39, 0.29) is 11.4 Å². The first-order valence-electron chi connectivity index (χ1n) is 6.47. The van der Waals surface area contributed by atoms with Crippen molar-refractivity contribution in [3.63, 3.8) is 0 Å². The highest BCUT2D eigenvalue weighted by Gasteiger charge is 2.34. The normalized spacial score (nSPS) is 16.2. The predicted molar refractivity (Wildman–Crippen MR) is 91.3 cm³/mol. The molecule has 2 aromatic carbocycles. The lowest BCUT2D eigenvalue weighted by Crippen LogP contribution is -2.30. The van der Waals surface area contributed by atoms with Gasteiger partial charge in [-0.05, 0) is 58.5 Å². The summed E-state index contributed by atoms with van der Waals surface area (Å²) >= 11 is 2.00. The van der Waals surface area contributed by atoms with Gasteiger partial charge < -0.3 is 10.4 Å². The SMILES string of the molecule is O=C1N/C(=C/c2ccc(O)c(I)c2)C(=O)N1c1ccccc1. The fraction of sp³-hybridized carbons (Fsp3) is 0. The molecule has 0 unspecified atom stereocenters. The molecule has 1 aliphatic rings. The minimum absolute atomic E-state index is 0.176. The largest absolute Gasteiger partial charge is 0.507 e. The second kappa shape index (κ2) is 5.80. The van der Waals surface area contributed by atoms with Crippen LogP contribution in [0.5, 0.6) is 5.75 Å². The summed E-state index contributed by atoms with van der Waals surface area (Å²) in [4.78, 5) is 25.5. The number of carbonyl (C=O) groups is 2. The summed E-state index contributed by atoms with van der Waals surface area (Å²) in [6.45, 7) is 0. The molecule has 0 spiro atoms. The molecule has 0 atom stereocenters. The van der Waals surface area contributed by atoms with Crippen LogP contribution in [0.25, 0.3) is 6.08 Å². The van der Waals surface area contributed by atoms with Crippen LogP contribution in [0.4, 0.5) is 10.5 Å². The summed E-state index contributed by atoms with van der Waals surface area (Å²) in [5.41, 5.74) is 1.45. The molecule has 0 aliphatic carbocycles. The number of aromatic hydroxyl groups is 1. The van der Waals surface area contributed by atoms with Crippen LogP contribution in [0.15, 0.2) is 54.2 Å². The van der Waals surface area contributed by atoms with E-state index in [2.05, 4.69) is 5.32 Å². The van der Waals surface area contributed by atoms with E-state index in [0.717, 1.165) is 10.5 Å². The van der Waals surface area contributed by atoms with Gasteiger partial charge in [0, 0.05) is 0 Å². The number of amides is 3. The Morgan fingerprint density at radius 2 is 1.82 bits per heavy atom. The highest BCUT2D eigenvalue weighted by atomic mass is 127. The second-order valence-electron chi connectivity index (χ2n) is 4.68. The van der Waals surface area contributed by atoms with E-state index in [1.807, 2.05) is 28.7 Å². The van der Waals surface area contributed by atoms with Gasteiger partial charge >= 0.3 is 6.03 Å². The van der Waals surface area contributed by atoms with Crippen LogP contribution in [0, 0.1) is 3.57 Å². The molecule has 0 radical (unpaired) electrons. The van der Waals surface area contributed by atoms with Gasteiger partial charge in [-0.15, -0.1) is 0 Å². The molecule has 110 valence electrons. The maximum atomic E-state index is 12.4. The molecule has 0 saturated carbocycles. The average Bonchev–Trinajstić information content (AvgIpc) is 2.78. The van der Waals surface area contributed by atoms with Crippen molar-refractivity contribution in [2.24, 2.45) is 0 Å². The maximum absolute atomic E-state index is 12.4. The monoisotopic (exact) mass is 406 g/mol. The number of nitrogens with zero attached hydrogens (tertiary/aromatic N) is 1. The van der Waals surface area contributed by atoms with E-state index < -0.39 is 11.9 Å². The van der Waals surface area contributed by atoms with E-state index in [1.54, 1.807) is 48.5 Å². The molecule has 5 nitrogen and oxygen atoms in total. The number of phenolic OH excluding ortho intramolecular Hbond substituents is 1. The lowest BCUT2D eigenvalue weighted by atomic mass is 10.2. The third kappa shape index (κ3) is 2.69. The van der Waals surface area contributed by atoms with Crippen molar-refractivity contribution in [2.75, 3.05) is 4.90 Å². The van der Waals surface area contributed by atoms with Crippen LogP contribution < -0.4 is 10.2 Å². The van der Waals surface area contributed by atoms with Gasteiger partial charge in [-0.1, -0.05) is 24.3 Å². The Morgan fingerprint density at radius 3 is 2.50 bits per heavy atom. The smallest absolute Gasteiger partial charge is 0.333 e. The molecule has 2 N–H and O–H groups in total. The Balaban J connectivity index is 1.93. The number of hydrogen-bond donors (Lipinski definition) is 2. The zero-order valence-electron chi connectivity index (χ0n) is 11.3. The standard InChI is InChI=1S/C16H11IN2O3/c17-12-8-10(6-7-14(12)20)9-13-15(21)19(16(22)18-13)11-4-2-1-3-5-11/h1-9,20H,(H,18,22)/b13-9+. The van der Waals surface area contributed by atoms with Gasteiger partial charge in [0.2, 0.25) is 0 Å². The third-order valence-electron chi connectivity index (χ3n) is 3.18. The van der Waals surface area contributed by atoms with E-state index in [1.165, 1.54) is 0 Å². The number of imide groups is 1. The van der Waals surface area contributed by atoms with Gasteiger partial charge in [-0.3, -0.25) is 4.79 Å². The Bertz CT molecular complexity index is 787. The first-order chi connectivity index (χ1) is 10.6. The summed E-state index contributed by atoms with van der Waals surface area (Å²) in [5.74, 6) is -0.227. The number of benzene rings is 2. The Kier molecular flexibility index (Phi) is 3.84. The van der Waals surface area contributed by atoms with Crippen molar-refractivity contribution in [3.8, 4) is 5.75 Å². The molecule has 1 fully saturated rings. The summed E-state index contributed by atoms with van der Waals surface area (Å²) in [7, 11) is 0. The van der Waals surface area contributed by atoms with E-state index in [0.29, 0.717) is 9.26 Å². The van der Waals surface area contributed by atoms with Crippen molar-refractivity contribution >= 4 is 46.3 Å². The highest BCUT2D eigenvalue weighted by molar-refractivity contribution is 14.1. The van der Waals surface area contributed by atoms with Gasteiger partial charge in [0.15, 0.2) is 0 Å². The summed E-state index contributed by atoms with van der Waals surface area (Å²) < 4.78 is 0.670.